The number of benzene rings is 2. The number of hydrogen-bond donors (Lipinski definition) is 0. The van der Waals surface area contributed by atoms with Crippen molar-refractivity contribution in [3.63, 3.8) is 0 Å². The molecule has 1 amide bonds. The molecule has 1 aliphatic rings. The molecule has 0 bridgehead atoms. The highest BCUT2D eigenvalue weighted by Gasteiger charge is 2.30. The van der Waals surface area contributed by atoms with Crippen LogP contribution in [0.5, 0.6) is 5.88 Å². The monoisotopic (exact) mass is 397 g/mol. The van der Waals surface area contributed by atoms with E-state index >= 15 is 0 Å². The summed E-state index contributed by atoms with van der Waals surface area (Å²) in [7, 11) is 0. The number of rotatable bonds is 5. The number of aromatic nitrogens is 1. The van der Waals surface area contributed by atoms with Crippen molar-refractivity contribution >= 4 is 11.7 Å². The molecule has 0 saturated carbocycles. The third kappa shape index (κ3) is 4.06. The molecule has 30 heavy (non-hydrogen) atoms. The average molecular weight is 397 g/mol. The first-order valence-electron chi connectivity index (χ1n) is 9.66. The maximum atomic E-state index is 13.2. The zero-order valence-corrected chi connectivity index (χ0v) is 16.2. The molecule has 6 nitrogen and oxygen atoms in total. The molecule has 6 heteroatoms. The number of ketones is 1. The number of nitriles is 1. The van der Waals surface area contributed by atoms with Gasteiger partial charge in [-0.1, -0.05) is 48.5 Å². The lowest BCUT2D eigenvalue weighted by molar-refractivity contribution is 0.0767. The van der Waals surface area contributed by atoms with Gasteiger partial charge in [0.15, 0.2) is 5.78 Å². The summed E-state index contributed by atoms with van der Waals surface area (Å²) in [6.45, 7) is 0.917. The minimum atomic E-state index is -0.215. The molecule has 1 unspecified atom stereocenters. The summed E-state index contributed by atoms with van der Waals surface area (Å²) in [5.41, 5.74) is 1.79. The fraction of sp³-hybridized carbons (Fsp3) is 0.167. The highest BCUT2D eigenvalue weighted by Crippen LogP contribution is 2.22. The highest BCUT2D eigenvalue weighted by atomic mass is 16.5. The summed E-state index contributed by atoms with van der Waals surface area (Å²) in [6, 6.07) is 21.1. The molecule has 148 valence electrons. The smallest absolute Gasteiger partial charge is 0.254 e. The molecule has 0 radical (unpaired) electrons. The summed E-state index contributed by atoms with van der Waals surface area (Å²) in [4.78, 5) is 31.9. The van der Waals surface area contributed by atoms with Crippen molar-refractivity contribution in [2.75, 3.05) is 13.1 Å². The summed E-state index contributed by atoms with van der Waals surface area (Å²) >= 11 is 0. The number of ether oxygens (including phenoxy) is 1. The number of hydrogen-bond acceptors (Lipinski definition) is 5. The van der Waals surface area contributed by atoms with Gasteiger partial charge in [-0.2, -0.15) is 5.26 Å². The van der Waals surface area contributed by atoms with Crippen LogP contribution in [0.15, 0.2) is 72.9 Å². The van der Waals surface area contributed by atoms with Gasteiger partial charge in [0.25, 0.3) is 5.91 Å². The zero-order valence-electron chi connectivity index (χ0n) is 16.2. The van der Waals surface area contributed by atoms with Crippen LogP contribution in [-0.4, -0.2) is 40.8 Å². The molecule has 4 rings (SSSR count). The second-order valence-electron chi connectivity index (χ2n) is 7.01. The molecule has 0 spiro atoms. The van der Waals surface area contributed by atoms with E-state index in [1.807, 2.05) is 6.07 Å². The SMILES string of the molecule is N#Cc1ccnc(OC2CCN(C(=O)c3ccccc3C(=O)c3ccccc3)C2)c1. The molecule has 1 aromatic heterocycles. The molecule has 0 aliphatic carbocycles. The Hall–Kier alpha value is -3.98. The molecule has 1 fully saturated rings. The van der Waals surface area contributed by atoms with Crippen molar-refractivity contribution in [1.82, 2.24) is 9.88 Å². The van der Waals surface area contributed by atoms with Crippen molar-refractivity contribution < 1.29 is 14.3 Å². The third-order valence-electron chi connectivity index (χ3n) is 5.02. The maximum Gasteiger partial charge on any atom is 0.254 e. The van der Waals surface area contributed by atoms with Gasteiger partial charge >= 0.3 is 0 Å². The summed E-state index contributed by atoms with van der Waals surface area (Å²) in [6.07, 6.45) is 1.96. The van der Waals surface area contributed by atoms with E-state index in [1.165, 1.54) is 6.20 Å². The lowest BCUT2D eigenvalue weighted by Gasteiger charge is -2.18. The van der Waals surface area contributed by atoms with Crippen LogP contribution in [0.2, 0.25) is 0 Å². The molecule has 2 heterocycles. The Morgan fingerprint density at radius 2 is 1.77 bits per heavy atom. The number of amides is 1. The highest BCUT2D eigenvalue weighted by molar-refractivity contribution is 6.15. The minimum absolute atomic E-state index is 0.177. The van der Waals surface area contributed by atoms with Gasteiger partial charge < -0.3 is 9.64 Å². The summed E-state index contributed by atoms with van der Waals surface area (Å²) in [5.74, 6) is -0.00298. The third-order valence-corrected chi connectivity index (χ3v) is 5.02. The van der Waals surface area contributed by atoms with E-state index in [-0.39, 0.29) is 17.8 Å². The van der Waals surface area contributed by atoms with Crippen LogP contribution < -0.4 is 4.74 Å². The Kier molecular flexibility index (Phi) is 5.53. The lowest BCUT2D eigenvalue weighted by Crippen LogP contribution is -2.32. The van der Waals surface area contributed by atoms with Crippen LogP contribution in [0.4, 0.5) is 0 Å². The fourth-order valence-electron chi connectivity index (χ4n) is 3.51. The maximum absolute atomic E-state index is 13.2. The standard InChI is InChI=1S/C24H19N3O3/c25-15-17-10-12-26-22(14-17)30-19-11-13-27(16-19)24(29)21-9-5-4-8-20(21)23(28)18-6-2-1-3-7-18/h1-10,12,14,19H,11,13,16H2. The van der Waals surface area contributed by atoms with Crippen LogP contribution in [0, 0.1) is 11.3 Å². The number of carbonyl (C=O) groups excluding carboxylic acids is 2. The quantitative estimate of drug-likeness (QED) is 0.616. The lowest BCUT2D eigenvalue weighted by atomic mass is 9.97. The van der Waals surface area contributed by atoms with Crippen LogP contribution in [0.1, 0.15) is 38.3 Å². The average Bonchev–Trinajstić information content (AvgIpc) is 3.27. The molecule has 2 aromatic carbocycles. The molecular weight excluding hydrogens is 378 g/mol. The topological polar surface area (TPSA) is 83.3 Å². The minimum Gasteiger partial charge on any atom is -0.472 e. The van der Waals surface area contributed by atoms with E-state index in [2.05, 4.69) is 11.1 Å². The van der Waals surface area contributed by atoms with Gasteiger partial charge in [-0.3, -0.25) is 9.59 Å². The van der Waals surface area contributed by atoms with Gasteiger partial charge in [0, 0.05) is 36.4 Å². The van der Waals surface area contributed by atoms with Gasteiger partial charge in [0.2, 0.25) is 5.88 Å². The van der Waals surface area contributed by atoms with Crippen molar-refractivity contribution in [1.29, 1.82) is 5.26 Å². The van der Waals surface area contributed by atoms with Gasteiger partial charge in [0.1, 0.15) is 6.10 Å². The number of nitrogens with zero attached hydrogens (tertiary/aromatic N) is 3. The van der Waals surface area contributed by atoms with Crippen LogP contribution in [0.3, 0.4) is 0 Å². The molecule has 1 aliphatic heterocycles. The first-order valence-corrected chi connectivity index (χ1v) is 9.66. The molecule has 0 N–H and O–H groups in total. The van der Waals surface area contributed by atoms with Crippen molar-refractivity contribution in [2.45, 2.75) is 12.5 Å². The van der Waals surface area contributed by atoms with E-state index in [0.29, 0.717) is 47.6 Å². The number of likely N-dealkylation sites (tertiary alicyclic amines) is 1. The summed E-state index contributed by atoms with van der Waals surface area (Å²) in [5, 5.41) is 9.00. The second kappa shape index (κ2) is 8.58. The summed E-state index contributed by atoms with van der Waals surface area (Å²) < 4.78 is 5.86. The molecule has 1 atom stereocenters. The Labute approximate surface area is 174 Å². The fourth-order valence-corrected chi connectivity index (χ4v) is 3.51. The Morgan fingerprint density at radius 3 is 2.53 bits per heavy atom. The van der Waals surface area contributed by atoms with Gasteiger partial charge in [0.05, 0.1) is 23.7 Å². The number of carbonyl (C=O) groups is 2. The van der Waals surface area contributed by atoms with Crippen LogP contribution >= 0.6 is 0 Å². The first-order chi connectivity index (χ1) is 14.7. The Balaban J connectivity index is 1.49. The van der Waals surface area contributed by atoms with E-state index in [0.717, 1.165) is 0 Å². The van der Waals surface area contributed by atoms with Gasteiger partial charge in [-0.05, 0) is 12.1 Å². The van der Waals surface area contributed by atoms with E-state index in [9.17, 15) is 9.59 Å². The van der Waals surface area contributed by atoms with Crippen LogP contribution in [0.25, 0.3) is 0 Å². The zero-order chi connectivity index (χ0) is 20.9. The van der Waals surface area contributed by atoms with E-state index in [4.69, 9.17) is 10.00 Å². The second-order valence-corrected chi connectivity index (χ2v) is 7.01. The van der Waals surface area contributed by atoms with E-state index < -0.39 is 0 Å². The molecule has 1 saturated heterocycles. The normalized spacial score (nSPS) is 15.4. The predicted molar refractivity (Wildman–Crippen MR) is 110 cm³/mol. The van der Waals surface area contributed by atoms with Gasteiger partial charge in [-0.25, -0.2) is 4.98 Å². The van der Waals surface area contributed by atoms with Crippen molar-refractivity contribution in [2.24, 2.45) is 0 Å². The van der Waals surface area contributed by atoms with Crippen molar-refractivity contribution in [3.8, 4) is 11.9 Å². The van der Waals surface area contributed by atoms with Crippen LogP contribution in [-0.2, 0) is 0 Å². The molecular formula is C24H19N3O3. The van der Waals surface area contributed by atoms with Gasteiger partial charge in [-0.15, -0.1) is 0 Å². The Morgan fingerprint density at radius 1 is 1.03 bits per heavy atom. The first kappa shape index (κ1) is 19.3. The largest absolute Gasteiger partial charge is 0.472 e. The predicted octanol–water partition coefficient (Wildman–Crippen LogP) is 3.48. The van der Waals surface area contributed by atoms with E-state index in [1.54, 1.807) is 65.6 Å². The number of pyridine rings is 1. The Bertz CT molecular complexity index is 1120. The molecule has 3 aromatic rings. The van der Waals surface area contributed by atoms with Crippen molar-refractivity contribution in [3.05, 3.63) is 95.2 Å².